The van der Waals surface area contributed by atoms with E-state index in [0.717, 1.165) is 5.56 Å². The number of ether oxygens (including phenoxy) is 2. The largest absolute Gasteiger partial charge is 0.505 e. The Morgan fingerprint density at radius 1 is 1.03 bits per heavy atom. The molecule has 1 heterocycles. The van der Waals surface area contributed by atoms with Gasteiger partial charge < -0.3 is 24.8 Å². The molecule has 0 spiro atoms. The van der Waals surface area contributed by atoms with E-state index in [0.29, 0.717) is 28.7 Å². The van der Waals surface area contributed by atoms with Crippen molar-refractivity contribution in [2.24, 2.45) is 0 Å². The number of ketones is 1. The second-order valence-corrected chi connectivity index (χ2v) is 10.9. The summed E-state index contributed by atoms with van der Waals surface area (Å²) in [7, 11) is 0. The van der Waals surface area contributed by atoms with E-state index < -0.39 is 48.2 Å². The molecule has 1 aromatic heterocycles. The lowest BCUT2D eigenvalue weighted by Gasteiger charge is -2.34. The molecule has 0 radical (unpaired) electrons. The minimum atomic E-state index is -1.17. The van der Waals surface area contributed by atoms with Gasteiger partial charge in [-0.15, -0.1) is 15.0 Å². The summed E-state index contributed by atoms with van der Waals surface area (Å²) in [6.07, 6.45) is -1.65. The molecule has 0 fully saturated rings. The zero-order chi connectivity index (χ0) is 28.3. The molecule has 3 aromatic rings. The lowest BCUT2D eigenvalue weighted by Crippen LogP contribution is -2.48. The van der Waals surface area contributed by atoms with Gasteiger partial charge in [-0.1, -0.05) is 39.0 Å². The number of aromatic hydroxyl groups is 1. The first kappa shape index (κ1) is 29.2. The third kappa shape index (κ3) is 6.75. The Balaban J connectivity index is 1.80. The number of hydrogen-bond donors (Lipinski definition) is 3. The first-order valence-electron chi connectivity index (χ1n) is 12.6. The molecule has 2 aromatic carbocycles. The van der Waals surface area contributed by atoms with E-state index >= 15 is 0 Å². The van der Waals surface area contributed by atoms with Gasteiger partial charge in [0.15, 0.2) is 11.9 Å². The highest BCUT2D eigenvalue weighted by atomic mass is 16.6. The monoisotopic (exact) mass is 527 g/mol. The standard InChI is InChI=1S/C28H37N3O7/c1-17(23(34)15-32)38-28(5,6)24(16-33)37-25(35)12-11-18-13-19(27(2,3)4)26(36)22(14-18)31-29-20-9-7-8-10-21(20)30-31/h7-10,13-14,17,24,32-33,36H,11-12,15-16H2,1-6H3. The van der Waals surface area contributed by atoms with Crippen LogP contribution in [0.5, 0.6) is 5.75 Å². The fraction of sp³-hybridized carbons (Fsp3) is 0.500. The Bertz CT molecular complexity index is 1260. The van der Waals surface area contributed by atoms with Crippen molar-refractivity contribution in [1.29, 1.82) is 0 Å². The second kappa shape index (κ2) is 11.6. The number of phenolic OH excluding ortho intramolecular Hbond substituents is 1. The fourth-order valence-electron chi connectivity index (χ4n) is 4.10. The summed E-state index contributed by atoms with van der Waals surface area (Å²) in [6.45, 7) is 9.46. The maximum Gasteiger partial charge on any atom is 0.306 e. The highest BCUT2D eigenvalue weighted by Crippen LogP contribution is 2.36. The van der Waals surface area contributed by atoms with Gasteiger partial charge >= 0.3 is 5.97 Å². The molecule has 0 aliphatic carbocycles. The van der Waals surface area contributed by atoms with Crippen molar-refractivity contribution in [3.8, 4) is 11.4 Å². The summed E-state index contributed by atoms with van der Waals surface area (Å²) in [5.41, 5.74) is 1.68. The average Bonchev–Trinajstić information content (AvgIpc) is 3.29. The molecule has 3 rings (SSSR count). The summed E-state index contributed by atoms with van der Waals surface area (Å²) < 4.78 is 11.2. The third-order valence-electron chi connectivity index (χ3n) is 6.38. The van der Waals surface area contributed by atoms with Gasteiger partial charge in [-0.25, -0.2) is 0 Å². The minimum Gasteiger partial charge on any atom is -0.505 e. The van der Waals surface area contributed by atoms with Crippen molar-refractivity contribution >= 4 is 22.8 Å². The van der Waals surface area contributed by atoms with Crippen molar-refractivity contribution < 1.29 is 34.4 Å². The number of aromatic nitrogens is 3. The van der Waals surface area contributed by atoms with Crippen LogP contribution in [0.15, 0.2) is 36.4 Å². The Morgan fingerprint density at radius 2 is 1.63 bits per heavy atom. The SMILES string of the molecule is CC(OC(C)(C)C(CO)OC(=O)CCc1cc(-n2nc3ccccc3n2)c(O)c(C(C)(C)C)c1)C(=O)CO. The number of hydrogen-bond acceptors (Lipinski definition) is 9. The van der Waals surface area contributed by atoms with Crippen LogP contribution in [0.4, 0.5) is 0 Å². The van der Waals surface area contributed by atoms with E-state index in [1.54, 1.807) is 19.9 Å². The topological polar surface area (TPSA) is 144 Å². The van der Waals surface area contributed by atoms with Crippen LogP contribution in [-0.4, -0.2) is 73.1 Å². The van der Waals surface area contributed by atoms with Gasteiger partial charge in [0.25, 0.3) is 0 Å². The molecule has 2 unspecified atom stereocenters. The molecule has 3 N–H and O–H groups in total. The van der Waals surface area contributed by atoms with Crippen LogP contribution < -0.4 is 0 Å². The van der Waals surface area contributed by atoms with Crippen LogP contribution in [0.1, 0.15) is 59.1 Å². The molecule has 206 valence electrons. The zero-order valence-electron chi connectivity index (χ0n) is 22.8. The number of phenols is 1. The number of aliphatic hydroxyl groups is 2. The average molecular weight is 528 g/mol. The quantitative estimate of drug-likeness (QED) is 0.321. The van der Waals surface area contributed by atoms with Crippen LogP contribution in [0.2, 0.25) is 0 Å². The van der Waals surface area contributed by atoms with E-state index in [1.807, 2.05) is 51.1 Å². The van der Waals surface area contributed by atoms with Crippen molar-refractivity contribution in [2.45, 2.75) is 77.6 Å². The van der Waals surface area contributed by atoms with Gasteiger partial charge in [-0.05, 0) is 56.4 Å². The van der Waals surface area contributed by atoms with Gasteiger partial charge in [0.2, 0.25) is 0 Å². The number of esters is 1. The number of rotatable bonds is 11. The first-order valence-corrected chi connectivity index (χ1v) is 12.6. The normalized spacial score (nSPS) is 13.9. The van der Waals surface area contributed by atoms with Gasteiger partial charge in [-0.2, -0.15) is 0 Å². The maximum atomic E-state index is 12.8. The van der Waals surface area contributed by atoms with E-state index in [9.17, 15) is 19.8 Å². The molecule has 10 nitrogen and oxygen atoms in total. The van der Waals surface area contributed by atoms with E-state index in [2.05, 4.69) is 10.2 Å². The lowest BCUT2D eigenvalue weighted by molar-refractivity contribution is -0.184. The molecule has 0 amide bonds. The molecule has 0 saturated heterocycles. The van der Waals surface area contributed by atoms with Crippen LogP contribution in [0.25, 0.3) is 16.7 Å². The van der Waals surface area contributed by atoms with Crippen LogP contribution in [0, 0.1) is 0 Å². The molecule has 0 aliphatic rings. The van der Waals surface area contributed by atoms with Crippen molar-refractivity contribution in [3.63, 3.8) is 0 Å². The van der Waals surface area contributed by atoms with Crippen LogP contribution in [-0.2, 0) is 30.9 Å². The van der Waals surface area contributed by atoms with Crippen LogP contribution in [0.3, 0.4) is 0 Å². The number of benzene rings is 2. The Kier molecular flexibility index (Phi) is 8.91. The van der Waals surface area contributed by atoms with E-state index in [4.69, 9.17) is 14.6 Å². The van der Waals surface area contributed by atoms with Gasteiger partial charge in [0, 0.05) is 12.0 Å². The smallest absolute Gasteiger partial charge is 0.306 e. The molecular weight excluding hydrogens is 490 g/mol. The molecule has 0 bridgehead atoms. The number of Topliss-reactive ketones (excluding diaryl/α,β-unsaturated/α-hetero) is 1. The minimum absolute atomic E-state index is 0.0000134. The van der Waals surface area contributed by atoms with E-state index in [1.165, 1.54) is 11.7 Å². The third-order valence-corrected chi connectivity index (χ3v) is 6.38. The number of fused-ring (bicyclic) bond motifs is 1. The number of nitrogens with zero attached hydrogens (tertiary/aromatic N) is 3. The zero-order valence-corrected chi connectivity index (χ0v) is 22.8. The molecule has 0 aliphatic heterocycles. The van der Waals surface area contributed by atoms with E-state index in [-0.39, 0.29) is 12.2 Å². The predicted molar refractivity (Wildman–Crippen MR) is 141 cm³/mol. The maximum absolute atomic E-state index is 12.8. The summed E-state index contributed by atoms with van der Waals surface area (Å²) in [5, 5.41) is 39.0. The lowest BCUT2D eigenvalue weighted by atomic mass is 9.84. The number of carbonyl (C=O) groups excluding carboxylic acids is 2. The van der Waals surface area contributed by atoms with Gasteiger partial charge in [0.1, 0.15) is 40.8 Å². The number of aliphatic hydroxyl groups excluding tert-OH is 2. The second-order valence-electron chi connectivity index (χ2n) is 10.9. The summed E-state index contributed by atoms with van der Waals surface area (Å²) in [4.78, 5) is 25.9. The summed E-state index contributed by atoms with van der Waals surface area (Å²) in [6, 6.07) is 11.0. The van der Waals surface area contributed by atoms with Crippen molar-refractivity contribution in [1.82, 2.24) is 15.0 Å². The summed E-state index contributed by atoms with van der Waals surface area (Å²) in [5.74, 6) is -1.01. The van der Waals surface area contributed by atoms with Crippen LogP contribution >= 0.6 is 0 Å². The Hall–Kier alpha value is -3.34. The predicted octanol–water partition coefficient (Wildman–Crippen LogP) is 3.01. The van der Waals surface area contributed by atoms with Crippen molar-refractivity contribution in [3.05, 3.63) is 47.5 Å². The fourth-order valence-corrected chi connectivity index (χ4v) is 4.10. The molecule has 0 saturated carbocycles. The number of aryl methyl sites for hydroxylation is 1. The molecular formula is C28H37N3O7. The molecule has 38 heavy (non-hydrogen) atoms. The highest BCUT2D eigenvalue weighted by molar-refractivity contribution is 5.83. The Labute approximate surface area is 222 Å². The Morgan fingerprint density at radius 3 is 2.16 bits per heavy atom. The molecule has 10 heteroatoms. The molecule has 2 atom stereocenters. The summed E-state index contributed by atoms with van der Waals surface area (Å²) >= 11 is 0. The highest BCUT2D eigenvalue weighted by Gasteiger charge is 2.36. The van der Waals surface area contributed by atoms with Gasteiger partial charge in [0.05, 0.1) is 6.61 Å². The van der Waals surface area contributed by atoms with Gasteiger partial charge in [-0.3, -0.25) is 9.59 Å². The first-order chi connectivity index (χ1) is 17.8. The van der Waals surface area contributed by atoms with Crippen molar-refractivity contribution in [2.75, 3.05) is 13.2 Å². The number of carbonyl (C=O) groups is 2.